The molecule has 1 fully saturated rings. The lowest BCUT2D eigenvalue weighted by atomic mass is 9.95. The average molecular weight is 451 g/mol. The summed E-state index contributed by atoms with van der Waals surface area (Å²) in [4.78, 5) is 33.1. The van der Waals surface area contributed by atoms with Crippen LogP contribution in [0.2, 0.25) is 0 Å². The SMILES string of the molecule is COc1ccc([C@H]2C(=C(O)c3ccccc3)C(=O)C(=O)N2c2nc(C)c(C)s2)cc1OC. The van der Waals surface area contributed by atoms with Crippen molar-refractivity contribution in [3.05, 3.63) is 75.8 Å². The lowest BCUT2D eigenvalue weighted by molar-refractivity contribution is -0.132. The molecule has 8 heteroatoms. The van der Waals surface area contributed by atoms with Gasteiger partial charge < -0.3 is 14.6 Å². The Morgan fingerprint density at radius 1 is 1.03 bits per heavy atom. The number of Topliss-reactive ketones (excluding diaryl/α,β-unsaturated/α-hetero) is 1. The van der Waals surface area contributed by atoms with Crippen molar-refractivity contribution in [1.29, 1.82) is 0 Å². The van der Waals surface area contributed by atoms with Crippen LogP contribution < -0.4 is 14.4 Å². The number of hydrogen-bond donors (Lipinski definition) is 1. The fourth-order valence-corrected chi connectivity index (χ4v) is 4.61. The van der Waals surface area contributed by atoms with E-state index < -0.39 is 17.7 Å². The molecule has 1 atom stereocenters. The number of carbonyl (C=O) groups excluding carboxylic acids is 2. The number of carbonyl (C=O) groups is 2. The quantitative estimate of drug-likeness (QED) is 0.352. The summed E-state index contributed by atoms with van der Waals surface area (Å²) in [6, 6.07) is 13.0. The monoisotopic (exact) mass is 450 g/mol. The molecule has 7 nitrogen and oxygen atoms in total. The average Bonchev–Trinajstić information content (AvgIpc) is 3.28. The van der Waals surface area contributed by atoms with E-state index in [0.29, 0.717) is 27.8 Å². The van der Waals surface area contributed by atoms with Crippen molar-refractivity contribution in [3.8, 4) is 11.5 Å². The molecule has 3 aromatic rings. The van der Waals surface area contributed by atoms with Crippen molar-refractivity contribution >= 4 is 33.9 Å². The first-order chi connectivity index (χ1) is 15.4. The third kappa shape index (κ3) is 3.52. The largest absolute Gasteiger partial charge is 0.507 e. The van der Waals surface area contributed by atoms with Gasteiger partial charge in [0.05, 0.1) is 31.5 Å². The molecule has 2 heterocycles. The van der Waals surface area contributed by atoms with Gasteiger partial charge in [-0.05, 0) is 31.5 Å². The zero-order valence-electron chi connectivity index (χ0n) is 18.1. The third-order valence-electron chi connectivity index (χ3n) is 5.44. The first-order valence-corrected chi connectivity index (χ1v) is 10.7. The van der Waals surface area contributed by atoms with Gasteiger partial charge in [-0.25, -0.2) is 4.98 Å². The van der Waals surface area contributed by atoms with E-state index in [1.807, 2.05) is 19.9 Å². The van der Waals surface area contributed by atoms with Gasteiger partial charge in [-0.2, -0.15) is 0 Å². The minimum atomic E-state index is -0.875. The molecule has 2 aromatic carbocycles. The maximum Gasteiger partial charge on any atom is 0.301 e. The number of ketones is 1. The summed E-state index contributed by atoms with van der Waals surface area (Å²) in [5, 5.41) is 11.5. The zero-order valence-corrected chi connectivity index (χ0v) is 18.9. The number of nitrogens with zero attached hydrogens (tertiary/aromatic N) is 2. The number of hydrogen-bond acceptors (Lipinski definition) is 7. The normalized spacial score (nSPS) is 17.6. The van der Waals surface area contributed by atoms with Crippen molar-refractivity contribution in [1.82, 2.24) is 4.98 Å². The van der Waals surface area contributed by atoms with Gasteiger partial charge in [0.25, 0.3) is 5.78 Å². The van der Waals surface area contributed by atoms with Crippen LogP contribution in [0.5, 0.6) is 11.5 Å². The van der Waals surface area contributed by atoms with Gasteiger partial charge in [-0.1, -0.05) is 36.4 Å². The minimum absolute atomic E-state index is 0.000994. The van der Waals surface area contributed by atoms with Gasteiger partial charge in [0, 0.05) is 10.4 Å². The molecule has 1 aliphatic heterocycles. The van der Waals surface area contributed by atoms with Crippen molar-refractivity contribution in [2.24, 2.45) is 0 Å². The second-order valence-corrected chi connectivity index (χ2v) is 8.47. The van der Waals surface area contributed by atoms with Gasteiger partial charge in [0.15, 0.2) is 16.6 Å². The molecule has 1 aromatic heterocycles. The number of aliphatic hydroxyl groups is 1. The number of methoxy groups -OCH3 is 2. The van der Waals surface area contributed by atoms with E-state index in [1.54, 1.807) is 42.5 Å². The number of aromatic nitrogens is 1. The summed E-state index contributed by atoms with van der Waals surface area (Å²) in [5.41, 5.74) is 1.81. The molecule has 4 rings (SSSR count). The van der Waals surface area contributed by atoms with Crippen LogP contribution >= 0.6 is 11.3 Å². The van der Waals surface area contributed by atoms with Crippen molar-refractivity contribution in [3.63, 3.8) is 0 Å². The molecule has 0 aliphatic carbocycles. The Bertz CT molecular complexity index is 1210. The molecule has 0 radical (unpaired) electrons. The maximum absolute atomic E-state index is 13.2. The number of anilines is 1. The number of rotatable bonds is 5. The molecular formula is C24H22N2O5S. The lowest BCUT2D eigenvalue weighted by Gasteiger charge is -2.23. The standard InChI is InChI=1S/C24H22N2O5S/c1-13-14(2)32-24(25-13)26-20(16-10-11-17(30-3)18(12-16)31-4)19(22(28)23(26)29)21(27)15-8-6-5-7-9-15/h5-12,20,27H,1-4H3/t20-/m0/s1. The highest BCUT2D eigenvalue weighted by Gasteiger charge is 2.48. The predicted molar refractivity (Wildman–Crippen MR) is 122 cm³/mol. The Labute approximate surface area is 189 Å². The van der Waals surface area contributed by atoms with E-state index in [-0.39, 0.29) is 11.3 Å². The topological polar surface area (TPSA) is 89.0 Å². The van der Waals surface area contributed by atoms with E-state index in [4.69, 9.17) is 9.47 Å². The molecule has 0 saturated carbocycles. The van der Waals surface area contributed by atoms with Crippen LogP contribution in [0.15, 0.2) is 54.1 Å². The maximum atomic E-state index is 13.2. The van der Waals surface area contributed by atoms with Gasteiger partial charge in [0.2, 0.25) is 0 Å². The molecule has 0 bridgehead atoms. The first kappa shape index (κ1) is 21.6. The number of aryl methyl sites for hydroxylation is 2. The van der Waals surface area contributed by atoms with Crippen LogP contribution in [0.1, 0.15) is 27.7 Å². The highest BCUT2D eigenvalue weighted by Crippen LogP contribution is 2.45. The smallest absolute Gasteiger partial charge is 0.301 e. The molecular weight excluding hydrogens is 428 g/mol. The Kier molecular flexibility index (Phi) is 5.71. The Hall–Kier alpha value is -3.65. The Morgan fingerprint density at radius 3 is 2.31 bits per heavy atom. The second-order valence-electron chi connectivity index (χ2n) is 7.29. The third-order valence-corrected chi connectivity index (χ3v) is 6.51. The summed E-state index contributed by atoms with van der Waals surface area (Å²) < 4.78 is 10.8. The predicted octanol–water partition coefficient (Wildman–Crippen LogP) is 4.40. The molecule has 1 N–H and O–H groups in total. The van der Waals surface area contributed by atoms with E-state index >= 15 is 0 Å². The molecule has 1 aliphatic rings. The highest BCUT2D eigenvalue weighted by molar-refractivity contribution is 7.16. The summed E-state index contributed by atoms with van der Waals surface area (Å²) in [5.74, 6) is -0.789. The summed E-state index contributed by atoms with van der Waals surface area (Å²) in [7, 11) is 3.04. The molecule has 1 saturated heterocycles. The van der Waals surface area contributed by atoms with Crippen molar-refractivity contribution in [2.75, 3.05) is 19.1 Å². The van der Waals surface area contributed by atoms with Gasteiger partial charge in [-0.3, -0.25) is 14.5 Å². The fourth-order valence-electron chi connectivity index (χ4n) is 3.68. The first-order valence-electron chi connectivity index (χ1n) is 9.89. The van der Waals surface area contributed by atoms with E-state index in [1.165, 1.54) is 30.5 Å². The van der Waals surface area contributed by atoms with Crippen LogP contribution in [0, 0.1) is 13.8 Å². The van der Waals surface area contributed by atoms with Crippen molar-refractivity contribution in [2.45, 2.75) is 19.9 Å². The van der Waals surface area contributed by atoms with Crippen LogP contribution in [0.3, 0.4) is 0 Å². The van der Waals surface area contributed by atoms with Gasteiger partial charge >= 0.3 is 5.91 Å². The molecule has 0 unspecified atom stereocenters. The number of ether oxygens (including phenoxy) is 2. The van der Waals surface area contributed by atoms with Crippen LogP contribution in [-0.4, -0.2) is 36.0 Å². The van der Waals surface area contributed by atoms with E-state index in [9.17, 15) is 14.7 Å². The molecule has 164 valence electrons. The molecule has 32 heavy (non-hydrogen) atoms. The number of amides is 1. The Balaban J connectivity index is 1.97. The second kappa shape index (κ2) is 8.47. The zero-order chi connectivity index (χ0) is 23.0. The number of aliphatic hydroxyl groups excluding tert-OH is 1. The summed E-state index contributed by atoms with van der Waals surface area (Å²) >= 11 is 1.32. The molecule has 1 amide bonds. The fraction of sp³-hybridized carbons (Fsp3) is 0.208. The van der Waals surface area contributed by atoms with Gasteiger partial charge in [-0.15, -0.1) is 11.3 Å². The van der Waals surface area contributed by atoms with E-state index in [0.717, 1.165) is 10.6 Å². The molecule has 0 spiro atoms. The van der Waals surface area contributed by atoms with Gasteiger partial charge in [0.1, 0.15) is 5.76 Å². The number of thiazole rings is 1. The van der Waals surface area contributed by atoms with Crippen LogP contribution in [0.25, 0.3) is 5.76 Å². The van der Waals surface area contributed by atoms with E-state index in [2.05, 4.69) is 4.98 Å². The minimum Gasteiger partial charge on any atom is -0.507 e. The lowest BCUT2D eigenvalue weighted by Crippen LogP contribution is -2.29. The summed E-state index contributed by atoms with van der Waals surface area (Å²) in [6.07, 6.45) is 0. The van der Waals surface area contributed by atoms with Crippen LogP contribution in [-0.2, 0) is 9.59 Å². The van der Waals surface area contributed by atoms with Crippen LogP contribution in [0.4, 0.5) is 5.13 Å². The highest BCUT2D eigenvalue weighted by atomic mass is 32.1. The summed E-state index contributed by atoms with van der Waals surface area (Å²) in [6.45, 7) is 3.75. The number of benzene rings is 2. The Morgan fingerprint density at radius 2 is 1.72 bits per heavy atom. The van der Waals surface area contributed by atoms with Crippen molar-refractivity contribution < 1.29 is 24.2 Å².